The predicted octanol–water partition coefficient (Wildman–Crippen LogP) is 25.7. The van der Waals surface area contributed by atoms with Crippen LogP contribution in [0.25, 0.3) is 0 Å². The van der Waals surface area contributed by atoms with Crippen LogP contribution in [0.5, 0.6) is 0 Å². The average Bonchev–Trinajstić information content (AvgIpc) is 3.49. The Morgan fingerprint density at radius 1 is 0.253 bits per heavy atom. The first-order valence-corrected chi connectivity index (χ1v) is 37.1. The molecule has 0 N–H and O–H groups in total. The van der Waals surface area contributed by atoms with Gasteiger partial charge >= 0.3 is 17.9 Å². The highest BCUT2D eigenvalue weighted by Gasteiger charge is 2.19. The summed E-state index contributed by atoms with van der Waals surface area (Å²) in [6.07, 6.45) is 92.0. The number of ether oxygens (including phenoxy) is 3. The van der Waals surface area contributed by atoms with Crippen molar-refractivity contribution >= 4 is 17.9 Å². The van der Waals surface area contributed by atoms with Crippen LogP contribution in [0.1, 0.15) is 406 Å². The molecule has 0 spiro atoms. The van der Waals surface area contributed by atoms with Crippen molar-refractivity contribution in [3.63, 3.8) is 0 Å². The van der Waals surface area contributed by atoms with Crippen molar-refractivity contribution in [2.45, 2.75) is 412 Å². The first-order valence-electron chi connectivity index (χ1n) is 37.1. The summed E-state index contributed by atoms with van der Waals surface area (Å²) in [5.74, 6) is -0.949. The first-order chi connectivity index (χ1) is 41.0. The quantitative estimate of drug-likeness (QED) is 0.0261. The molecule has 1 unspecified atom stereocenters. The van der Waals surface area contributed by atoms with Crippen molar-refractivity contribution < 1.29 is 28.6 Å². The Kier molecular flexibility index (Phi) is 69.6. The van der Waals surface area contributed by atoms with Gasteiger partial charge in [0.05, 0.1) is 0 Å². The number of hydrogen-bond donors (Lipinski definition) is 0. The van der Waals surface area contributed by atoms with E-state index in [0.717, 1.165) is 64.2 Å². The maximum Gasteiger partial charge on any atom is 0.306 e. The fraction of sp³-hybridized carbons (Fsp3) is 0.857. The van der Waals surface area contributed by atoms with E-state index in [-0.39, 0.29) is 37.5 Å². The molecule has 83 heavy (non-hydrogen) atoms. The molecule has 486 valence electrons. The van der Waals surface area contributed by atoms with Crippen LogP contribution in [0.4, 0.5) is 0 Å². The minimum atomic E-state index is -0.800. The lowest BCUT2D eigenvalue weighted by Crippen LogP contribution is -2.30. The summed E-state index contributed by atoms with van der Waals surface area (Å²) in [7, 11) is 0. The van der Waals surface area contributed by atoms with E-state index in [4.69, 9.17) is 14.2 Å². The maximum atomic E-state index is 12.9. The van der Waals surface area contributed by atoms with Gasteiger partial charge in [0.15, 0.2) is 6.10 Å². The summed E-state index contributed by atoms with van der Waals surface area (Å²) < 4.78 is 16.9. The Morgan fingerprint density at radius 3 is 0.735 bits per heavy atom. The highest BCUT2D eigenvalue weighted by molar-refractivity contribution is 5.71. The van der Waals surface area contributed by atoms with Gasteiger partial charge in [0.25, 0.3) is 0 Å². The van der Waals surface area contributed by atoms with Crippen LogP contribution < -0.4 is 0 Å². The van der Waals surface area contributed by atoms with Crippen molar-refractivity contribution in [1.29, 1.82) is 0 Å². The number of carbonyl (C=O) groups excluding carboxylic acids is 3. The van der Waals surface area contributed by atoms with E-state index in [1.54, 1.807) is 0 Å². The Hall–Kier alpha value is -2.63. The second kappa shape index (κ2) is 71.8. The molecule has 0 aliphatic rings. The van der Waals surface area contributed by atoms with E-state index in [9.17, 15) is 14.4 Å². The van der Waals surface area contributed by atoms with Gasteiger partial charge in [-0.15, -0.1) is 0 Å². The van der Waals surface area contributed by atoms with Crippen LogP contribution in [0.2, 0.25) is 0 Å². The number of unbranched alkanes of at least 4 members (excludes halogenated alkanes) is 50. The molecular formula is C77H142O6. The monoisotopic (exact) mass is 1160 g/mol. The fourth-order valence-corrected chi connectivity index (χ4v) is 11.3. The topological polar surface area (TPSA) is 78.9 Å². The smallest absolute Gasteiger partial charge is 0.306 e. The highest BCUT2D eigenvalue weighted by atomic mass is 16.6. The van der Waals surface area contributed by atoms with Gasteiger partial charge in [-0.25, -0.2) is 0 Å². The lowest BCUT2D eigenvalue weighted by atomic mass is 10.0. The van der Waals surface area contributed by atoms with Crippen molar-refractivity contribution in [1.82, 2.24) is 0 Å². The van der Waals surface area contributed by atoms with Crippen molar-refractivity contribution in [3.8, 4) is 0 Å². The van der Waals surface area contributed by atoms with Crippen LogP contribution >= 0.6 is 0 Å². The molecule has 0 saturated carbocycles. The molecule has 0 radical (unpaired) electrons. The van der Waals surface area contributed by atoms with E-state index in [1.165, 1.54) is 295 Å². The van der Waals surface area contributed by atoms with Gasteiger partial charge < -0.3 is 14.2 Å². The highest BCUT2D eigenvalue weighted by Crippen LogP contribution is 2.19. The molecule has 0 aliphatic carbocycles. The molecule has 0 amide bonds. The Bertz CT molecular complexity index is 1430. The van der Waals surface area contributed by atoms with E-state index >= 15 is 0 Å². The molecule has 6 heteroatoms. The molecule has 0 saturated heterocycles. The fourth-order valence-electron chi connectivity index (χ4n) is 11.3. The zero-order chi connectivity index (χ0) is 59.9. The van der Waals surface area contributed by atoms with Gasteiger partial charge in [-0.2, -0.15) is 0 Å². The molecule has 0 aromatic heterocycles. The normalized spacial score (nSPS) is 12.3. The molecule has 0 aliphatic heterocycles. The summed E-state index contributed by atoms with van der Waals surface area (Å²) in [6.45, 7) is 6.53. The van der Waals surface area contributed by atoms with Gasteiger partial charge in [-0.3, -0.25) is 14.4 Å². The summed E-state index contributed by atoms with van der Waals surface area (Å²) in [5.41, 5.74) is 0. The number of allylic oxidation sites excluding steroid dienone is 8. The molecule has 0 rings (SSSR count). The molecule has 0 heterocycles. The van der Waals surface area contributed by atoms with Gasteiger partial charge in [0.1, 0.15) is 13.2 Å². The van der Waals surface area contributed by atoms with Crippen molar-refractivity contribution in [2.75, 3.05) is 13.2 Å². The largest absolute Gasteiger partial charge is 0.462 e. The number of esters is 3. The van der Waals surface area contributed by atoms with E-state index in [0.29, 0.717) is 19.3 Å². The van der Waals surface area contributed by atoms with Crippen LogP contribution in [0.3, 0.4) is 0 Å². The van der Waals surface area contributed by atoms with Crippen LogP contribution in [-0.4, -0.2) is 37.2 Å². The zero-order valence-corrected chi connectivity index (χ0v) is 56.0. The summed E-state index contributed by atoms with van der Waals surface area (Å²) >= 11 is 0. The third-order valence-electron chi connectivity index (χ3n) is 16.9. The molecular weight excluding hydrogens is 1020 g/mol. The summed E-state index contributed by atoms with van der Waals surface area (Å²) in [5, 5.41) is 0. The van der Waals surface area contributed by atoms with Gasteiger partial charge in [0, 0.05) is 19.3 Å². The first kappa shape index (κ1) is 80.4. The van der Waals surface area contributed by atoms with Gasteiger partial charge in [-0.1, -0.05) is 390 Å². The van der Waals surface area contributed by atoms with Gasteiger partial charge in [-0.05, 0) is 44.9 Å². The van der Waals surface area contributed by atoms with Crippen LogP contribution in [0.15, 0.2) is 48.6 Å². The molecule has 0 aromatic carbocycles. The van der Waals surface area contributed by atoms with Crippen LogP contribution in [-0.2, 0) is 28.6 Å². The lowest BCUT2D eigenvalue weighted by Gasteiger charge is -2.18. The van der Waals surface area contributed by atoms with E-state index < -0.39 is 6.10 Å². The predicted molar refractivity (Wildman–Crippen MR) is 362 cm³/mol. The minimum Gasteiger partial charge on any atom is -0.462 e. The second-order valence-electron chi connectivity index (χ2n) is 25.2. The maximum absolute atomic E-state index is 12.9. The Labute approximate surface area is 518 Å². The number of hydrogen-bond acceptors (Lipinski definition) is 6. The molecule has 0 fully saturated rings. The molecule has 1 atom stereocenters. The standard InChI is InChI=1S/C77H142O6/c1-4-7-10-13-16-19-22-25-27-29-30-31-32-33-34-35-36-37-38-39-40-41-42-43-44-45-46-48-49-52-55-58-61-64-67-70-76(79)82-73-74(72-81-75(78)69-66-63-60-57-54-51-24-21-18-15-12-9-6-3)83-77(80)71-68-65-62-59-56-53-50-47-28-26-23-20-17-14-11-8-5-2/h9,12,18,21,51,54,60,63,74H,4-8,10-11,13-17,19-20,22-50,52-53,55-59,61-62,64-73H2,1-3H3/b12-9-,21-18-,54-51-,63-60-. The van der Waals surface area contributed by atoms with Crippen LogP contribution in [0, 0.1) is 0 Å². The SMILES string of the molecule is CC/C=C\C/C=C\C/C=C\C/C=C\CCC(=O)OCC(COC(=O)CCCCCCCCCCCCCCCCCCCCCCCCCCCCCCCCCCCCC)OC(=O)CCCCCCCCCCCCCCCCCCC. The third kappa shape index (κ3) is 70.0. The minimum absolute atomic E-state index is 0.0898. The lowest BCUT2D eigenvalue weighted by molar-refractivity contribution is -0.166. The third-order valence-corrected chi connectivity index (χ3v) is 16.9. The summed E-state index contributed by atoms with van der Waals surface area (Å²) in [6, 6.07) is 0. The average molecular weight is 1160 g/mol. The van der Waals surface area contributed by atoms with E-state index in [2.05, 4.69) is 63.3 Å². The number of rotatable bonds is 69. The second-order valence-corrected chi connectivity index (χ2v) is 25.2. The molecule has 6 nitrogen and oxygen atoms in total. The van der Waals surface area contributed by atoms with E-state index in [1.807, 2.05) is 6.08 Å². The summed E-state index contributed by atoms with van der Waals surface area (Å²) in [4.78, 5) is 38.3. The van der Waals surface area contributed by atoms with Crippen molar-refractivity contribution in [2.24, 2.45) is 0 Å². The Balaban J connectivity index is 4.08. The number of carbonyl (C=O) groups is 3. The Morgan fingerprint density at radius 2 is 0.470 bits per heavy atom. The zero-order valence-electron chi connectivity index (χ0n) is 56.0. The van der Waals surface area contributed by atoms with Crippen molar-refractivity contribution in [3.05, 3.63) is 48.6 Å². The molecule has 0 bridgehead atoms. The molecule has 0 aromatic rings. The van der Waals surface area contributed by atoms with Gasteiger partial charge in [0.2, 0.25) is 0 Å².